The van der Waals surface area contributed by atoms with Crippen molar-refractivity contribution in [1.29, 1.82) is 0 Å². The number of thiazole rings is 1. The van der Waals surface area contributed by atoms with Crippen LogP contribution in [0.5, 0.6) is 0 Å². The number of hydrogen-bond donors (Lipinski definition) is 3. The van der Waals surface area contributed by atoms with Gasteiger partial charge in [-0.05, 0) is 13.3 Å². The molecule has 0 aliphatic heterocycles. The number of carboxylic acids is 1. The predicted molar refractivity (Wildman–Crippen MR) is 60.7 cm³/mol. The summed E-state index contributed by atoms with van der Waals surface area (Å²) in [5.41, 5.74) is 0.853. The van der Waals surface area contributed by atoms with Crippen molar-refractivity contribution in [2.24, 2.45) is 0 Å². The predicted octanol–water partition coefficient (Wildman–Crippen LogP) is 1.44. The van der Waals surface area contributed by atoms with Crippen LogP contribution < -0.4 is 10.6 Å². The molecule has 3 N–H and O–H groups in total. The highest BCUT2D eigenvalue weighted by Crippen LogP contribution is 2.13. The fourth-order valence-electron chi connectivity index (χ4n) is 0.994. The topological polar surface area (TPSA) is 91.3 Å². The zero-order chi connectivity index (χ0) is 12.0. The number of carboxylic acid groups (broad SMARTS) is 1. The molecule has 0 atom stereocenters. The molecule has 0 bridgehead atoms. The second kappa shape index (κ2) is 6.06. The molecule has 88 valence electrons. The van der Waals surface area contributed by atoms with Gasteiger partial charge in [0.05, 0.1) is 5.69 Å². The monoisotopic (exact) mass is 243 g/mol. The van der Waals surface area contributed by atoms with Crippen molar-refractivity contribution in [1.82, 2.24) is 10.3 Å². The number of aromatic nitrogens is 1. The molecule has 7 heteroatoms. The standard InChI is InChI=1S/C9H13N3O3S/c1-6-5-16-9(11-6)12-8(15)10-4-2-3-7(13)14/h5H,2-4H2,1H3,(H,13,14)(H2,10,11,12,15). The van der Waals surface area contributed by atoms with Gasteiger partial charge in [0.25, 0.3) is 0 Å². The van der Waals surface area contributed by atoms with Crippen molar-refractivity contribution in [2.45, 2.75) is 19.8 Å². The summed E-state index contributed by atoms with van der Waals surface area (Å²) in [5, 5.41) is 15.9. The Morgan fingerprint density at radius 1 is 1.56 bits per heavy atom. The molecule has 0 saturated heterocycles. The number of nitrogens with one attached hydrogen (secondary N) is 2. The zero-order valence-corrected chi connectivity index (χ0v) is 9.63. The van der Waals surface area contributed by atoms with Crippen LogP contribution in [-0.4, -0.2) is 28.6 Å². The number of nitrogens with zero attached hydrogens (tertiary/aromatic N) is 1. The summed E-state index contributed by atoms with van der Waals surface area (Å²) in [6.07, 6.45) is 0.469. The molecule has 1 rings (SSSR count). The highest BCUT2D eigenvalue weighted by molar-refractivity contribution is 7.13. The number of carbonyl (C=O) groups is 2. The Hall–Kier alpha value is -1.63. The van der Waals surface area contributed by atoms with Gasteiger partial charge >= 0.3 is 12.0 Å². The minimum atomic E-state index is -0.863. The minimum absolute atomic E-state index is 0.0522. The van der Waals surface area contributed by atoms with E-state index in [4.69, 9.17) is 5.11 Å². The Balaban J connectivity index is 2.18. The lowest BCUT2D eigenvalue weighted by molar-refractivity contribution is -0.137. The molecule has 1 aromatic rings. The van der Waals surface area contributed by atoms with Crippen LogP contribution >= 0.6 is 11.3 Å². The summed E-state index contributed by atoms with van der Waals surface area (Å²) in [5.74, 6) is -0.863. The van der Waals surface area contributed by atoms with E-state index < -0.39 is 5.97 Å². The van der Waals surface area contributed by atoms with E-state index in [1.54, 1.807) is 0 Å². The SMILES string of the molecule is Cc1csc(NC(=O)NCCCC(=O)O)n1. The van der Waals surface area contributed by atoms with Gasteiger partial charge in [-0.1, -0.05) is 0 Å². The fourth-order valence-corrected chi connectivity index (χ4v) is 1.68. The van der Waals surface area contributed by atoms with Gasteiger partial charge in [0.1, 0.15) is 0 Å². The molecule has 0 radical (unpaired) electrons. The summed E-state index contributed by atoms with van der Waals surface area (Å²) < 4.78 is 0. The van der Waals surface area contributed by atoms with E-state index in [2.05, 4.69) is 15.6 Å². The van der Waals surface area contributed by atoms with E-state index in [0.29, 0.717) is 18.1 Å². The van der Waals surface area contributed by atoms with E-state index in [0.717, 1.165) is 5.69 Å². The summed E-state index contributed by atoms with van der Waals surface area (Å²) in [4.78, 5) is 25.5. The number of amides is 2. The average molecular weight is 243 g/mol. The van der Waals surface area contributed by atoms with Crippen LogP contribution in [0, 0.1) is 6.92 Å². The van der Waals surface area contributed by atoms with Gasteiger partial charge < -0.3 is 10.4 Å². The van der Waals surface area contributed by atoms with E-state index in [-0.39, 0.29) is 12.5 Å². The third-order valence-corrected chi connectivity index (χ3v) is 2.57. The van der Waals surface area contributed by atoms with Gasteiger partial charge in [-0.2, -0.15) is 0 Å². The maximum atomic E-state index is 11.3. The maximum absolute atomic E-state index is 11.3. The number of hydrogen-bond acceptors (Lipinski definition) is 4. The van der Waals surface area contributed by atoms with Gasteiger partial charge in [-0.3, -0.25) is 10.1 Å². The Kier molecular flexibility index (Phi) is 4.71. The molecule has 0 spiro atoms. The van der Waals surface area contributed by atoms with Crippen molar-refractivity contribution < 1.29 is 14.7 Å². The maximum Gasteiger partial charge on any atom is 0.321 e. The molecule has 1 heterocycles. The summed E-state index contributed by atoms with van der Waals surface area (Å²) in [6.45, 7) is 2.18. The summed E-state index contributed by atoms with van der Waals surface area (Å²) >= 11 is 1.34. The first-order chi connectivity index (χ1) is 7.58. The van der Waals surface area contributed by atoms with Crippen LogP contribution in [0.15, 0.2) is 5.38 Å². The lowest BCUT2D eigenvalue weighted by atomic mass is 10.3. The molecule has 2 amide bonds. The van der Waals surface area contributed by atoms with E-state index >= 15 is 0 Å². The Labute approximate surface area is 96.7 Å². The smallest absolute Gasteiger partial charge is 0.321 e. The average Bonchev–Trinajstić information content (AvgIpc) is 2.58. The van der Waals surface area contributed by atoms with Crippen LogP contribution in [0.25, 0.3) is 0 Å². The van der Waals surface area contributed by atoms with Gasteiger partial charge in [0.15, 0.2) is 5.13 Å². The van der Waals surface area contributed by atoms with Crippen LogP contribution in [0.2, 0.25) is 0 Å². The van der Waals surface area contributed by atoms with E-state index in [1.807, 2.05) is 12.3 Å². The van der Waals surface area contributed by atoms with Crippen LogP contribution in [0.4, 0.5) is 9.93 Å². The summed E-state index contributed by atoms with van der Waals surface area (Å²) in [7, 11) is 0. The molecule has 0 saturated carbocycles. The number of anilines is 1. The minimum Gasteiger partial charge on any atom is -0.481 e. The third-order valence-electron chi connectivity index (χ3n) is 1.69. The Morgan fingerprint density at radius 3 is 2.88 bits per heavy atom. The van der Waals surface area contributed by atoms with Crippen molar-refractivity contribution in [3.8, 4) is 0 Å². The number of carbonyl (C=O) groups excluding carboxylic acids is 1. The lowest BCUT2D eigenvalue weighted by Gasteiger charge is -2.03. The van der Waals surface area contributed by atoms with Crippen LogP contribution in [0.3, 0.4) is 0 Å². The molecular formula is C9H13N3O3S. The van der Waals surface area contributed by atoms with Crippen molar-refractivity contribution in [2.75, 3.05) is 11.9 Å². The summed E-state index contributed by atoms with van der Waals surface area (Å²) in [6, 6.07) is -0.361. The van der Waals surface area contributed by atoms with Gasteiger partial charge in [-0.15, -0.1) is 11.3 Å². The Bertz CT molecular complexity index is 378. The van der Waals surface area contributed by atoms with Crippen molar-refractivity contribution >= 4 is 28.5 Å². The fraction of sp³-hybridized carbons (Fsp3) is 0.444. The molecule has 0 aliphatic carbocycles. The first-order valence-corrected chi connectivity index (χ1v) is 5.64. The quantitative estimate of drug-likeness (QED) is 0.682. The molecule has 0 unspecified atom stereocenters. The lowest BCUT2D eigenvalue weighted by Crippen LogP contribution is -2.29. The highest BCUT2D eigenvalue weighted by Gasteiger charge is 2.04. The van der Waals surface area contributed by atoms with Gasteiger partial charge in [0, 0.05) is 18.3 Å². The van der Waals surface area contributed by atoms with Crippen LogP contribution in [0.1, 0.15) is 18.5 Å². The van der Waals surface area contributed by atoms with E-state index in [9.17, 15) is 9.59 Å². The molecule has 6 nitrogen and oxygen atoms in total. The second-order valence-electron chi connectivity index (χ2n) is 3.17. The molecule has 1 aromatic heterocycles. The number of aryl methyl sites for hydroxylation is 1. The molecule has 16 heavy (non-hydrogen) atoms. The molecular weight excluding hydrogens is 230 g/mol. The third kappa shape index (κ3) is 4.74. The van der Waals surface area contributed by atoms with Crippen LogP contribution in [-0.2, 0) is 4.79 Å². The number of aliphatic carboxylic acids is 1. The zero-order valence-electron chi connectivity index (χ0n) is 8.82. The first kappa shape index (κ1) is 12.4. The molecule has 0 aliphatic rings. The molecule has 0 aromatic carbocycles. The second-order valence-corrected chi connectivity index (χ2v) is 4.03. The first-order valence-electron chi connectivity index (χ1n) is 4.76. The normalized spacial score (nSPS) is 9.81. The van der Waals surface area contributed by atoms with Gasteiger partial charge in [0.2, 0.25) is 0 Å². The molecule has 0 fully saturated rings. The van der Waals surface area contributed by atoms with Gasteiger partial charge in [-0.25, -0.2) is 9.78 Å². The largest absolute Gasteiger partial charge is 0.481 e. The number of rotatable bonds is 5. The number of urea groups is 1. The van der Waals surface area contributed by atoms with Crippen molar-refractivity contribution in [3.05, 3.63) is 11.1 Å². The van der Waals surface area contributed by atoms with E-state index in [1.165, 1.54) is 11.3 Å². The van der Waals surface area contributed by atoms with Crippen molar-refractivity contribution in [3.63, 3.8) is 0 Å². The Morgan fingerprint density at radius 2 is 2.31 bits per heavy atom. The highest BCUT2D eigenvalue weighted by atomic mass is 32.1.